The summed E-state index contributed by atoms with van der Waals surface area (Å²) < 4.78 is 15.0. The molecule has 0 aliphatic heterocycles. The molecular formula is C20H17ClFN3O4. The minimum Gasteiger partial charge on any atom is -0.481 e. The second-order valence-corrected chi connectivity index (χ2v) is 6.83. The van der Waals surface area contributed by atoms with Gasteiger partial charge in [-0.15, -0.1) is 0 Å². The van der Waals surface area contributed by atoms with Crippen LogP contribution in [0.1, 0.15) is 34.1 Å². The van der Waals surface area contributed by atoms with E-state index in [-0.39, 0.29) is 11.3 Å². The number of halogens is 2. The van der Waals surface area contributed by atoms with Gasteiger partial charge in [-0.1, -0.05) is 23.7 Å². The summed E-state index contributed by atoms with van der Waals surface area (Å²) in [6.07, 6.45) is -0.446. The highest BCUT2D eigenvalue weighted by Gasteiger charge is 2.23. The lowest BCUT2D eigenvalue weighted by Gasteiger charge is -2.19. The maximum atomic E-state index is 13.9. The number of hydrogen-bond acceptors (Lipinski definition) is 3. The summed E-state index contributed by atoms with van der Waals surface area (Å²) in [5.41, 5.74) is 0.525. The monoisotopic (exact) mass is 417 g/mol. The van der Waals surface area contributed by atoms with E-state index in [0.29, 0.717) is 16.3 Å². The number of amides is 1. The van der Waals surface area contributed by atoms with Gasteiger partial charge in [0, 0.05) is 11.1 Å². The van der Waals surface area contributed by atoms with Crippen LogP contribution in [-0.4, -0.2) is 26.8 Å². The number of aromatic nitrogens is 2. The highest BCUT2D eigenvalue weighted by atomic mass is 35.5. The van der Waals surface area contributed by atoms with Crippen LogP contribution in [0.5, 0.6) is 0 Å². The standard InChI is InChI=1S/C20H17ClFN3O4/c1-11-14(3-2-4-15(11)22)16(10-19(27)28)23-20(29)17-9-18(26)25(24-17)13-7-5-12(21)6-8-13/h2-9,16,24H,10H2,1H3,(H,23,29)(H,27,28). The molecule has 3 N–H and O–H groups in total. The highest BCUT2D eigenvalue weighted by Crippen LogP contribution is 2.23. The largest absolute Gasteiger partial charge is 0.481 e. The zero-order valence-corrected chi connectivity index (χ0v) is 16.0. The number of aliphatic carboxylic acids is 1. The molecule has 2 aromatic carbocycles. The maximum absolute atomic E-state index is 13.9. The summed E-state index contributed by atoms with van der Waals surface area (Å²) in [6.45, 7) is 1.50. The van der Waals surface area contributed by atoms with Crippen LogP contribution in [0.4, 0.5) is 4.39 Å². The van der Waals surface area contributed by atoms with E-state index in [4.69, 9.17) is 11.6 Å². The molecule has 1 amide bonds. The Morgan fingerprint density at radius 2 is 1.93 bits per heavy atom. The number of carboxylic acid groups (broad SMARTS) is 1. The summed E-state index contributed by atoms with van der Waals surface area (Å²) >= 11 is 5.84. The maximum Gasteiger partial charge on any atom is 0.305 e. The van der Waals surface area contributed by atoms with Crippen LogP contribution in [0.15, 0.2) is 53.3 Å². The Morgan fingerprint density at radius 1 is 1.24 bits per heavy atom. The summed E-state index contributed by atoms with van der Waals surface area (Å²) in [5, 5.41) is 14.9. The number of aromatic amines is 1. The van der Waals surface area contributed by atoms with Crippen molar-refractivity contribution in [2.45, 2.75) is 19.4 Å². The lowest BCUT2D eigenvalue weighted by Crippen LogP contribution is -2.31. The second kappa shape index (κ2) is 8.32. The minimum atomic E-state index is -1.16. The van der Waals surface area contributed by atoms with Crippen molar-refractivity contribution in [3.63, 3.8) is 0 Å². The molecule has 0 saturated carbocycles. The molecule has 0 fully saturated rings. The van der Waals surface area contributed by atoms with Gasteiger partial charge in [-0.3, -0.25) is 19.5 Å². The van der Waals surface area contributed by atoms with Crippen LogP contribution in [-0.2, 0) is 4.79 Å². The first-order valence-corrected chi connectivity index (χ1v) is 8.99. The van der Waals surface area contributed by atoms with E-state index in [1.165, 1.54) is 19.1 Å². The quantitative estimate of drug-likeness (QED) is 0.572. The predicted octanol–water partition coefficient (Wildman–Crippen LogP) is 3.21. The number of carbonyl (C=O) groups excluding carboxylic acids is 1. The summed E-state index contributed by atoms with van der Waals surface area (Å²) in [6, 6.07) is 10.8. The van der Waals surface area contributed by atoms with Crippen molar-refractivity contribution in [1.29, 1.82) is 0 Å². The van der Waals surface area contributed by atoms with E-state index in [2.05, 4.69) is 10.4 Å². The van der Waals surface area contributed by atoms with Gasteiger partial charge in [0.1, 0.15) is 11.5 Å². The number of rotatable bonds is 6. The molecule has 1 unspecified atom stereocenters. The Kier molecular flexibility index (Phi) is 5.84. The second-order valence-electron chi connectivity index (χ2n) is 6.40. The zero-order chi connectivity index (χ0) is 21.1. The number of carbonyl (C=O) groups is 2. The van der Waals surface area contributed by atoms with Gasteiger partial charge in [0.05, 0.1) is 18.2 Å². The topological polar surface area (TPSA) is 104 Å². The summed E-state index contributed by atoms with van der Waals surface area (Å²) in [4.78, 5) is 36.1. The number of H-pyrrole nitrogens is 1. The smallest absolute Gasteiger partial charge is 0.305 e. The molecule has 0 saturated heterocycles. The van der Waals surface area contributed by atoms with Gasteiger partial charge in [0.15, 0.2) is 0 Å². The Morgan fingerprint density at radius 3 is 2.59 bits per heavy atom. The first kappa shape index (κ1) is 20.3. The van der Waals surface area contributed by atoms with Gasteiger partial charge >= 0.3 is 5.97 Å². The predicted molar refractivity (Wildman–Crippen MR) is 105 cm³/mol. The van der Waals surface area contributed by atoms with Gasteiger partial charge in [-0.05, 0) is 48.4 Å². The van der Waals surface area contributed by atoms with Crippen LogP contribution in [0.2, 0.25) is 5.02 Å². The van der Waals surface area contributed by atoms with Crippen molar-refractivity contribution in [1.82, 2.24) is 15.1 Å². The Balaban J connectivity index is 1.89. The average Bonchev–Trinajstić information content (AvgIpc) is 3.05. The van der Waals surface area contributed by atoms with Crippen LogP contribution in [0.25, 0.3) is 5.69 Å². The molecule has 0 aliphatic rings. The van der Waals surface area contributed by atoms with Crippen molar-refractivity contribution in [3.8, 4) is 5.69 Å². The van der Waals surface area contributed by atoms with Gasteiger partial charge in [0.25, 0.3) is 11.5 Å². The number of nitrogens with one attached hydrogen (secondary N) is 2. The number of hydrogen-bond donors (Lipinski definition) is 3. The zero-order valence-electron chi connectivity index (χ0n) is 15.3. The van der Waals surface area contributed by atoms with E-state index in [0.717, 1.165) is 10.7 Å². The molecule has 150 valence electrons. The third-order valence-corrected chi connectivity index (χ3v) is 4.67. The molecule has 0 spiro atoms. The lowest BCUT2D eigenvalue weighted by molar-refractivity contribution is -0.137. The third-order valence-electron chi connectivity index (χ3n) is 4.42. The van der Waals surface area contributed by atoms with E-state index in [1.807, 2.05) is 0 Å². The van der Waals surface area contributed by atoms with Crippen molar-refractivity contribution >= 4 is 23.5 Å². The number of nitrogens with zero attached hydrogens (tertiary/aromatic N) is 1. The molecule has 1 aromatic heterocycles. The Labute approximate surface area is 169 Å². The molecule has 0 aliphatic carbocycles. The fourth-order valence-corrected chi connectivity index (χ4v) is 3.07. The lowest BCUT2D eigenvalue weighted by atomic mass is 9.98. The summed E-state index contributed by atoms with van der Waals surface area (Å²) in [5.74, 6) is -2.36. The minimum absolute atomic E-state index is 0.0607. The van der Waals surface area contributed by atoms with E-state index in [9.17, 15) is 23.9 Å². The van der Waals surface area contributed by atoms with Crippen LogP contribution in [0, 0.1) is 12.7 Å². The average molecular weight is 418 g/mol. The van der Waals surface area contributed by atoms with E-state index in [1.54, 1.807) is 30.3 Å². The molecular weight excluding hydrogens is 401 g/mol. The third kappa shape index (κ3) is 4.55. The molecule has 0 radical (unpaired) electrons. The van der Waals surface area contributed by atoms with E-state index >= 15 is 0 Å². The van der Waals surface area contributed by atoms with Crippen molar-refractivity contribution < 1.29 is 19.1 Å². The highest BCUT2D eigenvalue weighted by molar-refractivity contribution is 6.30. The summed E-state index contributed by atoms with van der Waals surface area (Å²) in [7, 11) is 0. The number of benzene rings is 2. The molecule has 1 atom stereocenters. The normalized spacial score (nSPS) is 11.8. The molecule has 7 nitrogen and oxygen atoms in total. The Hall–Kier alpha value is -3.39. The molecule has 29 heavy (non-hydrogen) atoms. The number of carboxylic acids is 1. The first-order chi connectivity index (χ1) is 13.8. The van der Waals surface area contributed by atoms with Crippen molar-refractivity contribution in [2.75, 3.05) is 0 Å². The molecule has 9 heteroatoms. The Bertz CT molecular complexity index is 1120. The molecule has 0 bridgehead atoms. The van der Waals surface area contributed by atoms with E-state index < -0.39 is 35.7 Å². The first-order valence-electron chi connectivity index (χ1n) is 8.62. The van der Waals surface area contributed by atoms with Gasteiger partial charge in [-0.25, -0.2) is 9.07 Å². The molecule has 3 rings (SSSR count). The van der Waals surface area contributed by atoms with Crippen molar-refractivity contribution in [3.05, 3.63) is 86.5 Å². The van der Waals surface area contributed by atoms with Crippen LogP contribution < -0.4 is 10.9 Å². The van der Waals surface area contributed by atoms with Crippen LogP contribution >= 0.6 is 11.6 Å². The molecule has 3 aromatic rings. The van der Waals surface area contributed by atoms with Gasteiger partial charge in [-0.2, -0.15) is 0 Å². The van der Waals surface area contributed by atoms with Gasteiger partial charge < -0.3 is 10.4 Å². The van der Waals surface area contributed by atoms with Gasteiger partial charge in [0.2, 0.25) is 0 Å². The van der Waals surface area contributed by atoms with Crippen molar-refractivity contribution in [2.24, 2.45) is 0 Å². The fraction of sp³-hybridized carbons (Fsp3) is 0.150. The van der Waals surface area contributed by atoms with Crippen LogP contribution in [0.3, 0.4) is 0 Å². The molecule has 1 heterocycles. The fourth-order valence-electron chi connectivity index (χ4n) is 2.95. The SMILES string of the molecule is Cc1c(F)cccc1C(CC(=O)O)NC(=O)c1cc(=O)n(-c2ccc(Cl)cc2)[nH]1.